The Hall–Kier alpha value is -4.82. The number of nitriles is 1. The molecule has 210 valence electrons. The maximum Gasteiger partial charge on any atom is 0.271 e. The predicted molar refractivity (Wildman–Crippen MR) is 157 cm³/mol. The van der Waals surface area contributed by atoms with E-state index in [4.69, 9.17) is 21.6 Å². The van der Waals surface area contributed by atoms with Crippen molar-refractivity contribution < 1.29 is 4.79 Å². The lowest BCUT2D eigenvalue weighted by Gasteiger charge is -2.21. The van der Waals surface area contributed by atoms with Crippen LogP contribution in [0.15, 0.2) is 61.4 Å². The summed E-state index contributed by atoms with van der Waals surface area (Å²) in [5.41, 5.74) is 4.39. The van der Waals surface area contributed by atoms with E-state index in [2.05, 4.69) is 45.3 Å². The minimum Gasteiger partial charge on any atom is -0.356 e. The summed E-state index contributed by atoms with van der Waals surface area (Å²) in [4.78, 5) is 28.6. The molecule has 5 aromatic heterocycles. The number of halogens is 1. The molecule has 42 heavy (non-hydrogen) atoms. The van der Waals surface area contributed by atoms with Gasteiger partial charge in [0.15, 0.2) is 0 Å². The zero-order chi connectivity index (χ0) is 29.0. The lowest BCUT2D eigenvalue weighted by atomic mass is 10.1. The van der Waals surface area contributed by atoms with Crippen molar-refractivity contribution in [3.8, 4) is 28.6 Å². The van der Waals surface area contributed by atoms with Crippen molar-refractivity contribution >= 4 is 28.8 Å². The average Bonchev–Trinajstić information content (AvgIpc) is 3.48. The minimum absolute atomic E-state index is 0.227. The Morgan fingerprint density at radius 2 is 1.93 bits per heavy atom. The normalized spacial score (nSPS) is 19.2. The van der Waals surface area contributed by atoms with E-state index in [0.29, 0.717) is 51.8 Å². The molecule has 7 rings (SSSR count). The highest BCUT2D eigenvalue weighted by Gasteiger charge is 2.55. The van der Waals surface area contributed by atoms with Gasteiger partial charge in [-0.2, -0.15) is 15.5 Å². The number of aromatic nitrogens is 7. The Morgan fingerprint density at radius 3 is 2.62 bits per heavy atom. The molecule has 11 nitrogen and oxygen atoms in total. The van der Waals surface area contributed by atoms with E-state index >= 15 is 0 Å². The van der Waals surface area contributed by atoms with Crippen LogP contribution in [0.25, 0.3) is 28.0 Å². The van der Waals surface area contributed by atoms with E-state index in [1.807, 2.05) is 35.4 Å². The number of carbonyl (C=O) groups excluding carboxylic acids is 1. The van der Waals surface area contributed by atoms with Gasteiger partial charge in [-0.15, -0.1) is 0 Å². The minimum atomic E-state index is -0.238. The van der Waals surface area contributed by atoms with E-state index < -0.39 is 0 Å². The molecule has 0 unspecified atom stereocenters. The van der Waals surface area contributed by atoms with E-state index in [0.717, 1.165) is 30.0 Å². The summed E-state index contributed by atoms with van der Waals surface area (Å²) in [5.74, 6) is 2.13. The molecule has 6 heterocycles. The molecule has 1 saturated carbocycles. The summed E-state index contributed by atoms with van der Waals surface area (Å²) in [6.07, 6.45) is 10.5. The lowest BCUT2D eigenvalue weighted by molar-refractivity contribution is 0.0946. The fourth-order valence-corrected chi connectivity index (χ4v) is 6.10. The maximum absolute atomic E-state index is 12.5. The van der Waals surface area contributed by atoms with Gasteiger partial charge in [0.2, 0.25) is 0 Å². The second kappa shape index (κ2) is 10.2. The molecule has 1 saturated heterocycles. The van der Waals surface area contributed by atoms with Crippen LogP contribution in [0.3, 0.4) is 0 Å². The van der Waals surface area contributed by atoms with Crippen molar-refractivity contribution in [1.82, 2.24) is 39.7 Å². The first-order valence-corrected chi connectivity index (χ1v) is 14.2. The first-order valence-electron chi connectivity index (χ1n) is 13.8. The first kappa shape index (κ1) is 26.1. The van der Waals surface area contributed by atoms with E-state index in [9.17, 15) is 10.1 Å². The maximum atomic E-state index is 12.5. The van der Waals surface area contributed by atoms with Crippen molar-refractivity contribution in [2.24, 2.45) is 17.8 Å². The largest absolute Gasteiger partial charge is 0.356 e. The lowest BCUT2D eigenvalue weighted by Crippen LogP contribution is -2.31. The Labute approximate surface area is 246 Å². The number of hydrogen-bond donors (Lipinski definition) is 1. The molecule has 0 radical (unpaired) electrons. The number of fused-ring (bicyclic) bond motifs is 2. The summed E-state index contributed by atoms with van der Waals surface area (Å²) in [7, 11) is 0. The Balaban J connectivity index is 1.07. The monoisotopic (exact) mass is 578 g/mol. The summed E-state index contributed by atoms with van der Waals surface area (Å²) < 4.78 is 3.59. The topological polar surface area (TPSA) is 130 Å². The molecule has 3 atom stereocenters. The van der Waals surface area contributed by atoms with Crippen LogP contribution in [0.5, 0.6) is 0 Å². The van der Waals surface area contributed by atoms with Crippen LogP contribution in [0, 0.1) is 29.1 Å². The third-order valence-corrected chi connectivity index (χ3v) is 8.54. The van der Waals surface area contributed by atoms with E-state index in [1.54, 1.807) is 35.2 Å². The highest BCUT2D eigenvalue weighted by Crippen LogP contribution is 2.52. The van der Waals surface area contributed by atoms with Crippen LogP contribution in [-0.4, -0.2) is 59.9 Å². The van der Waals surface area contributed by atoms with Crippen molar-refractivity contribution in [2.45, 2.75) is 19.9 Å². The van der Waals surface area contributed by atoms with Gasteiger partial charge in [-0.3, -0.25) is 9.48 Å². The molecule has 12 heteroatoms. The van der Waals surface area contributed by atoms with Gasteiger partial charge in [0.1, 0.15) is 28.7 Å². The molecule has 1 N–H and O–H groups in total. The summed E-state index contributed by atoms with van der Waals surface area (Å²) in [5, 5.41) is 21.9. The molecule has 2 fully saturated rings. The van der Waals surface area contributed by atoms with Crippen LogP contribution in [0.2, 0.25) is 5.02 Å². The molecule has 1 aliphatic carbocycles. The highest BCUT2D eigenvalue weighted by atomic mass is 35.5. The summed E-state index contributed by atoms with van der Waals surface area (Å²) >= 11 is 6.11. The average molecular weight is 579 g/mol. The fraction of sp³-hybridized carbons (Fsp3) is 0.300. The van der Waals surface area contributed by atoms with Gasteiger partial charge in [0, 0.05) is 55.4 Å². The molecular formula is C30H27ClN10O. The molecule has 2 aliphatic rings. The molecule has 0 spiro atoms. The van der Waals surface area contributed by atoms with E-state index in [1.165, 1.54) is 0 Å². The van der Waals surface area contributed by atoms with Crippen LogP contribution in [-0.2, 0) is 0 Å². The quantitative estimate of drug-likeness (QED) is 0.303. The van der Waals surface area contributed by atoms with Gasteiger partial charge < -0.3 is 10.2 Å². The van der Waals surface area contributed by atoms with Crippen LogP contribution in [0.1, 0.15) is 35.9 Å². The second-order valence-electron chi connectivity index (χ2n) is 11.1. The summed E-state index contributed by atoms with van der Waals surface area (Å²) in [6.45, 7) is 6.53. The van der Waals surface area contributed by atoms with Gasteiger partial charge in [-0.05, 0) is 55.9 Å². The molecule has 0 aromatic carbocycles. The van der Waals surface area contributed by atoms with Gasteiger partial charge in [-0.1, -0.05) is 11.6 Å². The number of nitrogens with zero attached hydrogens (tertiary/aromatic N) is 9. The molecule has 1 amide bonds. The van der Waals surface area contributed by atoms with Crippen molar-refractivity contribution in [3.05, 3.63) is 77.7 Å². The number of carbonyl (C=O) groups is 1. The van der Waals surface area contributed by atoms with E-state index in [-0.39, 0.29) is 17.6 Å². The zero-order valence-corrected chi connectivity index (χ0v) is 23.8. The third-order valence-electron chi connectivity index (χ3n) is 8.23. The van der Waals surface area contributed by atoms with Crippen LogP contribution < -0.4 is 10.2 Å². The van der Waals surface area contributed by atoms with Gasteiger partial charge in [-0.25, -0.2) is 19.5 Å². The Morgan fingerprint density at radius 1 is 1.10 bits per heavy atom. The summed E-state index contributed by atoms with van der Waals surface area (Å²) in [6, 6.07) is 9.84. The molecule has 1 aliphatic heterocycles. The second-order valence-corrected chi connectivity index (χ2v) is 11.5. The Bertz CT molecular complexity index is 1840. The standard InChI is InChI=1S/C30H27ClN10O/c1-17(2)40-13-20(11-36-40)25-16-41-29(19(8-32)10-37-41)27(38-25)18-5-6-26(34-9-18)39-14-22-21(23(22)15-39)12-35-30(42)28-24(31)4-3-7-33-28/h3-7,9-11,13,16-17,21-23H,12,14-15H2,1-2H3,(H,35,42)/t21-,22-,23+. The smallest absolute Gasteiger partial charge is 0.271 e. The Kier molecular flexibility index (Phi) is 6.35. The SMILES string of the molecule is CC(C)n1cc(-c2cn3ncc(C#N)c3c(-c3ccc(N4C[C@@H]5[C@@H](CNC(=O)c6ncccc6Cl)[C@@H]5C4)nc3)n2)cn1. The third kappa shape index (κ3) is 4.54. The number of nitrogens with one attached hydrogen (secondary N) is 1. The van der Waals surface area contributed by atoms with Gasteiger partial charge >= 0.3 is 0 Å². The number of amides is 1. The van der Waals surface area contributed by atoms with Crippen LogP contribution >= 0.6 is 11.6 Å². The number of hydrogen-bond acceptors (Lipinski definition) is 8. The fourth-order valence-electron chi connectivity index (χ4n) is 5.89. The van der Waals surface area contributed by atoms with Crippen molar-refractivity contribution in [2.75, 3.05) is 24.5 Å². The van der Waals surface area contributed by atoms with Gasteiger partial charge in [0.05, 0.1) is 35.0 Å². The molecular weight excluding hydrogens is 552 g/mol. The molecule has 0 bridgehead atoms. The first-order chi connectivity index (χ1) is 20.4. The van der Waals surface area contributed by atoms with Gasteiger partial charge in [0.25, 0.3) is 5.91 Å². The van der Waals surface area contributed by atoms with Crippen molar-refractivity contribution in [3.63, 3.8) is 0 Å². The predicted octanol–water partition coefficient (Wildman–Crippen LogP) is 4.27. The number of piperidine rings is 1. The highest BCUT2D eigenvalue weighted by molar-refractivity contribution is 6.33. The van der Waals surface area contributed by atoms with Crippen molar-refractivity contribution in [1.29, 1.82) is 5.26 Å². The zero-order valence-electron chi connectivity index (χ0n) is 23.0. The number of rotatable bonds is 7. The number of anilines is 1. The molecule has 5 aromatic rings. The number of pyridine rings is 2. The van der Waals surface area contributed by atoms with Crippen LogP contribution in [0.4, 0.5) is 5.82 Å².